The molecule has 0 radical (unpaired) electrons. The van der Waals surface area contributed by atoms with Gasteiger partial charge in [0.1, 0.15) is 29.2 Å². The number of amides is 4. The Morgan fingerprint density at radius 3 is 1.92 bits per heavy atom. The summed E-state index contributed by atoms with van der Waals surface area (Å²) in [5, 5.41) is 7.57. The lowest BCUT2D eigenvalue weighted by Gasteiger charge is -2.38. The fourth-order valence-corrected chi connectivity index (χ4v) is 6.73. The molecule has 1 aromatic heterocycles. The molecule has 0 aliphatic heterocycles. The summed E-state index contributed by atoms with van der Waals surface area (Å²) in [7, 11) is -5.15. The standard InChI is InChI=1S/C36H41F10IN7O10P/c1-33(2,35(41,42)43)26(50-32(58)62-5)28(55)52-53(15-20-21(37)13-18(14-22(20)38)23-10-11-54(51-23)30(39)40)16-25(64-65(59,60)61)24(12-17-6-8-19(47)9-7-17)49-29(56)27(63-31(48)57)34(3,4)36(44,45)46/h6-11,13-14,24-27,30H,12,15-16H2,1-5H3,(H2,48,57)(H,49,56)(H,50,58)(H,52,55)(H2,59,60,61). The predicted octanol–water partition coefficient (Wildman–Crippen LogP) is 6.23. The lowest BCUT2D eigenvalue weighted by molar-refractivity contribution is -0.238. The predicted molar refractivity (Wildman–Crippen MR) is 213 cm³/mol. The van der Waals surface area contributed by atoms with E-state index in [9.17, 15) is 68.7 Å². The van der Waals surface area contributed by atoms with Crippen molar-refractivity contribution in [1.82, 2.24) is 30.8 Å². The number of hydrazine groups is 1. The van der Waals surface area contributed by atoms with E-state index < -0.39 is 128 Å². The van der Waals surface area contributed by atoms with Crippen LogP contribution in [0.2, 0.25) is 0 Å². The number of aromatic nitrogens is 2. The largest absolute Gasteiger partial charge is 0.469 e. The number of nitrogens with two attached hydrogens (primary N) is 1. The van der Waals surface area contributed by atoms with Gasteiger partial charge in [-0.3, -0.25) is 19.5 Å². The highest BCUT2D eigenvalue weighted by molar-refractivity contribution is 14.1. The monoisotopic (exact) mass is 1080 g/mol. The first-order valence-electron chi connectivity index (χ1n) is 18.3. The maximum absolute atomic E-state index is 15.9. The van der Waals surface area contributed by atoms with Crippen LogP contribution in [0.15, 0.2) is 48.7 Å². The molecule has 0 saturated carbocycles. The highest BCUT2D eigenvalue weighted by Gasteiger charge is 2.58. The Kier molecular flexibility index (Phi) is 17.8. The van der Waals surface area contributed by atoms with E-state index in [0.29, 0.717) is 48.4 Å². The third kappa shape index (κ3) is 14.6. The van der Waals surface area contributed by atoms with Crippen molar-refractivity contribution in [3.63, 3.8) is 0 Å². The highest BCUT2D eigenvalue weighted by atomic mass is 127. The Balaban J connectivity index is 2.30. The summed E-state index contributed by atoms with van der Waals surface area (Å²) in [6.07, 6.45) is -19.1. The van der Waals surface area contributed by atoms with Gasteiger partial charge in [-0.1, -0.05) is 12.1 Å². The number of carbonyl (C=O) groups is 4. The lowest BCUT2D eigenvalue weighted by Crippen LogP contribution is -2.63. The van der Waals surface area contributed by atoms with Gasteiger partial charge in [0.2, 0.25) is 0 Å². The number of benzene rings is 2. The molecule has 0 spiro atoms. The number of phosphoric acid groups is 1. The average Bonchev–Trinajstić information content (AvgIpc) is 3.67. The smallest absolute Gasteiger partial charge is 0.453 e. The summed E-state index contributed by atoms with van der Waals surface area (Å²) in [5.74, 6) is -6.67. The normalized spacial score (nSPS) is 14.6. The first kappa shape index (κ1) is 54.6. The molecule has 0 saturated heterocycles. The number of ether oxygens (including phenoxy) is 2. The van der Waals surface area contributed by atoms with Crippen LogP contribution in [0.4, 0.5) is 53.5 Å². The number of hydrogen-bond donors (Lipinski definition) is 6. The molecular weight excluding hydrogens is 1040 g/mol. The first-order valence-corrected chi connectivity index (χ1v) is 20.9. The molecule has 7 N–H and O–H groups in total. The highest BCUT2D eigenvalue weighted by Crippen LogP contribution is 2.43. The molecule has 0 bridgehead atoms. The summed E-state index contributed by atoms with van der Waals surface area (Å²) in [6.45, 7) is -4.02. The van der Waals surface area contributed by atoms with Crippen LogP contribution in [0.25, 0.3) is 11.3 Å². The van der Waals surface area contributed by atoms with Crippen molar-refractivity contribution in [3.8, 4) is 11.3 Å². The van der Waals surface area contributed by atoms with E-state index in [4.69, 9.17) is 10.3 Å². The van der Waals surface area contributed by atoms with Gasteiger partial charge in [0.15, 0.2) is 6.10 Å². The van der Waals surface area contributed by atoms with Crippen molar-refractivity contribution in [2.45, 2.75) is 83.9 Å². The van der Waals surface area contributed by atoms with Gasteiger partial charge in [0, 0.05) is 34.0 Å². The van der Waals surface area contributed by atoms with E-state index >= 15 is 8.78 Å². The molecule has 3 rings (SSSR count). The van der Waals surface area contributed by atoms with Crippen LogP contribution in [0.1, 0.15) is 45.4 Å². The molecule has 65 heavy (non-hydrogen) atoms. The first-order chi connectivity index (χ1) is 29.7. The Hall–Kier alpha value is -4.77. The van der Waals surface area contributed by atoms with Crippen molar-refractivity contribution < 1.29 is 91.4 Å². The van der Waals surface area contributed by atoms with E-state index in [1.54, 1.807) is 5.32 Å². The van der Waals surface area contributed by atoms with Gasteiger partial charge in [-0.15, -0.1) is 0 Å². The minimum atomic E-state index is -5.88. The maximum atomic E-state index is 15.9. The number of rotatable bonds is 19. The van der Waals surface area contributed by atoms with Gasteiger partial charge < -0.3 is 35.6 Å². The summed E-state index contributed by atoms with van der Waals surface area (Å²) in [5.41, 5.74) is -1.26. The van der Waals surface area contributed by atoms with Crippen LogP contribution in [-0.2, 0) is 41.1 Å². The second-order valence-electron chi connectivity index (χ2n) is 15.1. The molecule has 0 fully saturated rings. The molecule has 2 aromatic carbocycles. The van der Waals surface area contributed by atoms with E-state index in [1.165, 1.54) is 24.3 Å². The quantitative estimate of drug-likeness (QED) is 0.0339. The molecule has 0 aliphatic rings. The average molecular weight is 1080 g/mol. The van der Waals surface area contributed by atoms with Gasteiger partial charge in [0.05, 0.1) is 24.3 Å². The van der Waals surface area contributed by atoms with Gasteiger partial charge >= 0.3 is 38.9 Å². The Bertz CT molecular complexity index is 2200. The summed E-state index contributed by atoms with van der Waals surface area (Å²) in [6, 6.07) is 3.16. The van der Waals surface area contributed by atoms with Gasteiger partial charge in [0.25, 0.3) is 11.8 Å². The molecule has 4 atom stereocenters. The maximum Gasteiger partial charge on any atom is 0.469 e. The van der Waals surface area contributed by atoms with Crippen molar-refractivity contribution in [1.29, 1.82) is 0 Å². The molecule has 4 amide bonds. The number of hydrogen-bond acceptors (Lipinski definition) is 10. The number of primary amides is 1. The topological polar surface area (TPSA) is 237 Å². The van der Waals surface area contributed by atoms with Crippen LogP contribution >= 0.6 is 30.4 Å². The molecule has 3 aromatic rings. The summed E-state index contributed by atoms with van der Waals surface area (Å²) >= 11 is 1.88. The number of nitrogens with one attached hydrogen (secondary N) is 3. The number of halogens is 11. The molecular formula is C36H41F10IN7O10P. The molecule has 4 unspecified atom stereocenters. The Morgan fingerprint density at radius 2 is 1.46 bits per heavy atom. The minimum absolute atomic E-state index is 0.149. The zero-order valence-electron chi connectivity index (χ0n) is 34.3. The number of methoxy groups -OCH3 is 1. The van der Waals surface area contributed by atoms with Crippen LogP contribution in [-0.4, -0.2) is 98.9 Å². The lowest BCUT2D eigenvalue weighted by atomic mass is 9.83. The van der Waals surface area contributed by atoms with Gasteiger partial charge in [-0.2, -0.15) is 40.2 Å². The van der Waals surface area contributed by atoms with Crippen molar-refractivity contribution >= 4 is 54.4 Å². The number of phosphoric ester groups is 1. The molecule has 1 heterocycles. The number of carbonyl (C=O) groups excluding carboxylic acids is 4. The SMILES string of the molecule is COC(=O)NC(C(=O)NN(Cc1c(F)cc(-c2ccn(C(F)F)n2)cc1F)CC(OP(=O)(O)O)C(Cc1ccc(I)cc1)NC(=O)C(OC(N)=O)C(C)(C)C(F)(F)F)C(C)(C)C(F)(F)F. The van der Waals surface area contributed by atoms with Crippen LogP contribution < -0.4 is 21.8 Å². The zero-order chi connectivity index (χ0) is 49.6. The second kappa shape index (κ2) is 21.2. The van der Waals surface area contributed by atoms with Crippen LogP contribution in [0, 0.1) is 26.0 Å². The number of nitrogens with zero attached hydrogens (tertiary/aromatic N) is 3. The minimum Gasteiger partial charge on any atom is -0.453 e. The number of alkyl halides is 8. The van der Waals surface area contributed by atoms with E-state index in [0.717, 1.165) is 19.4 Å². The molecule has 362 valence electrons. The van der Waals surface area contributed by atoms with E-state index in [-0.39, 0.29) is 15.9 Å². The van der Waals surface area contributed by atoms with E-state index in [1.807, 2.05) is 28.0 Å². The Labute approximate surface area is 376 Å². The molecule has 17 nitrogen and oxygen atoms in total. The third-order valence-electron chi connectivity index (χ3n) is 9.70. The summed E-state index contributed by atoms with van der Waals surface area (Å²) in [4.78, 5) is 71.8. The fraction of sp³-hybridized carbons (Fsp3) is 0.472. The molecule has 29 heteroatoms. The molecule has 0 aliphatic carbocycles. The zero-order valence-corrected chi connectivity index (χ0v) is 37.4. The van der Waals surface area contributed by atoms with Gasteiger partial charge in [-0.05, 0) is 92.6 Å². The second-order valence-corrected chi connectivity index (χ2v) is 17.6. The summed E-state index contributed by atoms with van der Waals surface area (Å²) < 4.78 is 171. The van der Waals surface area contributed by atoms with Crippen molar-refractivity contribution in [2.24, 2.45) is 16.6 Å². The fourth-order valence-electron chi connectivity index (χ4n) is 5.81. The third-order valence-corrected chi connectivity index (χ3v) is 11.0. The van der Waals surface area contributed by atoms with Gasteiger partial charge in [-0.25, -0.2) is 32.6 Å². The van der Waals surface area contributed by atoms with E-state index in [2.05, 4.69) is 19.9 Å². The van der Waals surface area contributed by atoms with Crippen molar-refractivity contribution in [3.05, 3.63) is 75.0 Å². The number of alkyl carbamates (subject to hydrolysis) is 1. The van der Waals surface area contributed by atoms with Crippen LogP contribution in [0.5, 0.6) is 0 Å². The van der Waals surface area contributed by atoms with Crippen LogP contribution in [0.3, 0.4) is 0 Å². The van der Waals surface area contributed by atoms with Crippen molar-refractivity contribution in [2.75, 3.05) is 13.7 Å². The Morgan fingerprint density at radius 1 is 0.908 bits per heavy atom.